The fraction of sp³-hybridized carbons (Fsp3) is 0.375. The molecule has 0 saturated carbocycles. The number of aryl methyl sites for hydroxylation is 1. The molecule has 2 rings (SSSR count). The highest BCUT2D eigenvalue weighted by Gasteiger charge is 2.13. The maximum absolute atomic E-state index is 11.0. The molecule has 4 heteroatoms. The minimum Gasteiger partial charge on any atom is -0.476 e. The molecule has 0 unspecified atom stereocenters. The van der Waals surface area contributed by atoms with Gasteiger partial charge in [0, 0.05) is 6.54 Å². The number of hydrogen-bond donors (Lipinski definition) is 1. The van der Waals surface area contributed by atoms with Gasteiger partial charge in [-0.1, -0.05) is 38.1 Å². The number of carboxylic acid groups (broad SMARTS) is 1. The second-order valence-corrected chi connectivity index (χ2v) is 5.33. The summed E-state index contributed by atoms with van der Waals surface area (Å²) in [7, 11) is 0. The SMILES string of the molecule is CCn1nc(C(=O)O)cc1-c1ccc(CC(C)C)cc1. The Hall–Kier alpha value is -2.10. The Kier molecular flexibility index (Phi) is 4.23. The molecule has 1 N–H and O–H groups in total. The molecule has 0 bridgehead atoms. The van der Waals surface area contributed by atoms with Crippen LogP contribution in [0.2, 0.25) is 0 Å². The molecule has 1 aromatic carbocycles. The number of hydrogen-bond acceptors (Lipinski definition) is 2. The number of nitrogens with zero attached hydrogens (tertiary/aromatic N) is 2. The van der Waals surface area contributed by atoms with E-state index in [0.717, 1.165) is 17.7 Å². The second kappa shape index (κ2) is 5.90. The van der Waals surface area contributed by atoms with Crippen LogP contribution in [0.4, 0.5) is 0 Å². The standard InChI is InChI=1S/C16H20N2O2/c1-4-18-15(10-14(17-18)16(19)20)13-7-5-12(6-8-13)9-11(2)3/h5-8,10-11H,4,9H2,1-3H3,(H,19,20). The molecule has 0 atom stereocenters. The van der Waals surface area contributed by atoms with Gasteiger partial charge in [-0.25, -0.2) is 4.79 Å². The Morgan fingerprint density at radius 2 is 1.95 bits per heavy atom. The minimum atomic E-state index is -0.991. The predicted octanol–water partition coefficient (Wildman–Crippen LogP) is 3.47. The molecule has 20 heavy (non-hydrogen) atoms. The highest BCUT2D eigenvalue weighted by atomic mass is 16.4. The number of carbonyl (C=O) groups is 1. The summed E-state index contributed by atoms with van der Waals surface area (Å²) in [6.07, 6.45) is 1.05. The zero-order valence-corrected chi connectivity index (χ0v) is 12.1. The lowest BCUT2D eigenvalue weighted by Crippen LogP contribution is -2.02. The zero-order valence-electron chi connectivity index (χ0n) is 12.1. The van der Waals surface area contributed by atoms with Crippen LogP contribution in [-0.4, -0.2) is 20.9 Å². The summed E-state index contributed by atoms with van der Waals surface area (Å²) < 4.78 is 1.72. The smallest absolute Gasteiger partial charge is 0.356 e. The topological polar surface area (TPSA) is 55.1 Å². The average molecular weight is 272 g/mol. The molecule has 4 nitrogen and oxygen atoms in total. The fourth-order valence-electron chi connectivity index (χ4n) is 2.28. The van der Waals surface area contributed by atoms with Crippen LogP contribution in [0, 0.1) is 5.92 Å². The van der Waals surface area contributed by atoms with Crippen molar-refractivity contribution in [1.29, 1.82) is 0 Å². The lowest BCUT2D eigenvalue weighted by atomic mass is 10.0. The van der Waals surface area contributed by atoms with Gasteiger partial charge in [-0.05, 0) is 36.5 Å². The van der Waals surface area contributed by atoms with Gasteiger partial charge in [0.1, 0.15) is 0 Å². The van der Waals surface area contributed by atoms with Crippen LogP contribution in [-0.2, 0) is 13.0 Å². The fourth-order valence-corrected chi connectivity index (χ4v) is 2.28. The molecule has 2 aromatic rings. The van der Waals surface area contributed by atoms with E-state index in [1.54, 1.807) is 10.7 Å². The maximum atomic E-state index is 11.0. The van der Waals surface area contributed by atoms with Gasteiger partial charge < -0.3 is 5.11 Å². The number of aromatic carboxylic acids is 1. The van der Waals surface area contributed by atoms with E-state index < -0.39 is 5.97 Å². The summed E-state index contributed by atoms with van der Waals surface area (Å²) in [5, 5.41) is 13.1. The summed E-state index contributed by atoms with van der Waals surface area (Å²) >= 11 is 0. The Morgan fingerprint density at radius 3 is 2.45 bits per heavy atom. The molecule has 106 valence electrons. The molecule has 0 saturated heterocycles. The molecule has 1 heterocycles. The molecule has 0 aliphatic carbocycles. The maximum Gasteiger partial charge on any atom is 0.356 e. The van der Waals surface area contributed by atoms with Gasteiger partial charge in [0.25, 0.3) is 0 Å². The molecule has 0 amide bonds. The third-order valence-corrected chi connectivity index (χ3v) is 3.19. The van der Waals surface area contributed by atoms with Crippen LogP contribution in [0.15, 0.2) is 30.3 Å². The predicted molar refractivity (Wildman–Crippen MR) is 78.8 cm³/mol. The van der Waals surface area contributed by atoms with E-state index in [1.807, 2.05) is 19.1 Å². The monoisotopic (exact) mass is 272 g/mol. The van der Waals surface area contributed by atoms with E-state index in [-0.39, 0.29) is 5.69 Å². The summed E-state index contributed by atoms with van der Waals surface area (Å²) in [5.41, 5.74) is 3.23. The van der Waals surface area contributed by atoms with Crippen molar-refractivity contribution in [3.63, 3.8) is 0 Å². The Labute approximate surface area is 119 Å². The van der Waals surface area contributed by atoms with Crippen LogP contribution >= 0.6 is 0 Å². The van der Waals surface area contributed by atoms with Crippen molar-refractivity contribution in [2.75, 3.05) is 0 Å². The summed E-state index contributed by atoms with van der Waals surface area (Å²) in [4.78, 5) is 11.0. The van der Waals surface area contributed by atoms with Crippen molar-refractivity contribution in [3.05, 3.63) is 41.6 Å². The van der Waals surface area contributed by atoms with Crippen molar-refractivity contribution in [1.82, 2.24) is 9.78 Å². The lowest BCUT2D eigenvalue weighted by Gasteiger charge is -2.07. The quantitative estimate of drug-likeness (QED) is 0.906. The van der Waals surface area contributed by atoms with Gasteiger partial charge >= 0.3 is 5.97 Å². The zero-order chi connectivity index (χ0) is 14.7. The molecule has 0 fully saturated rings. The molecule has 1 aromatic heterocycles. The number of rotatable bonds is 5. The van der Waals surface area contributed by atoms with Crippen LogP contribution in [0.1, 0.15) is 36.8 Å². The first-order chi connectivity index (χ1) is 9.51. The first-order valence-corrected chi connectivity index (χ1v) is 6.91. The van der Waals surface area contributed by atoms with Gasteiger partial charge in [-0.2, -0.15) is 5.10 Å². The third-order valence-electron chi connectivity index (χ3n) is 3.19. The number of benzene rings is 1. The van der Waals surface area contributed by atoms with Gasteiger partial charge in [-0.3, -0.25) is 4.68 Å². The second-order valence-electron chi connectivity index (χ2n) is 5.33. The van der Waals surface area contributed by atoms with E-state index >= 15 is 0 Å². The van der Waals surface area contributed by atoms with Crippen molar-refractivity contribution < 1.29 is 9.90 Å². The van der Waals surface area contributed by atoms with Gasteiger partial charge in [0.05, 0.1) is 5.69 Å². The number of carboxylic acids is 1. The molecule has 0 aliphatic heterocycles. The number of aromatic nitrogens is 2. The minimum absolute atomic E-state index is 0.0908. The molecule has 0 radical (unpaired) electrons. The van der Waals surface area contributed by atoms with Gasteiger partial charge in [0.15, 0.2) is 5.69 Å². The van der Waals surface area contributed by atoms with E-state index in [9.17, 15) is 4.79 Å². The van der Waals surface area contributed by atoms with Crippen LogP contribution in [0.5, 0.6) is 0 Å². The van der Waals surface area contributed by atoms with Crippen LogP contribution in [0.3, 0.4) is 0 Å². The van der Waals surface area contributed by atoms with Crippen molar-refractivity contribution in [3.8, 4) is 11.3 Å². The molecule has 0 aliphatic rings. The van der Waals surface area contributed by atoms with E-state index in [1.165, 1.54) is 5.56 Å². The van der Waals surface area contributed by atoms with E-state index in [2.05, 4.69) is 31.1 Å². The van der Waals surface area contributed by atoms with Crippen molar-refractivity contribution >= 4 is 5.97 Å². The highest BCUT2D eigenvalue weighted by Crippen LogP contribution is 2.22. The average Bonchev–Trinajstić information content (AvgIpc) is 2.83. The third kappa shape index (κ3) is 3.07. The van der Waals surface area contributed by atoms with Crippen molar-refractivity contribution in [2.24, 2.45) is 5.92 Å². The van der Waals surface area contributed by atoms with Crippen molar-refractivity contribution in [2.45, 2.75) is 33.7 Å². The summed E-state index contributed by atoms with van der Waals surface area (Å²) in [5.74, 6) is -0.365. The summed E-state index contributed by atoms with van der Waals surface area (Å²) in [6.45, 7) is 6.99. The highest BCUT2D eigenvalue weighted by molar-refractivity contribution is 5.87. The largest absolute Gasteiger partial charge is 0.476 e. The molecular formula is C16H20N2O2. The van der Waals surface area contributed by atoms with Crippen LogP contribution in [0.25, 0.3) is 11.3 Å². The first-order valence-electron chi connectivity index (χ1n) is 6.91. The van der Waals surface area contributed by atoms with Crippen LogP contribution < -0.4 is 0 Å². The van der Waals surface area contributed by atoms with E-state index in [0.29, 0.717) is 12.5 Å². The molecule has 0 spiro atoms. The van der Waals surface area contributed by atoms with Gasteiger partial charge in [-0.15, -0.1) is 0 Å². The molecular weight excluding hydrogens is 252 g/mol. The van der Waals surface area contributed by atoms with Gasteiger partial charge in [0.2, 0.25) is 0 Å². The van der Waals surface area contributed by atoms with E-state index in [4.69, 9.17) is 5.11 Å². The first kappa shape index (κ1) is 14.3. The Balaban J connectivity index is 2.33. The Morgan fingerprint density at radius 1 is 1.30 bits per heavy atom. The lowest BCUT2D eigenvalue weighted by molar-refractivity contribution is 0.0689. The Bertz CT molecular complexity index is 597. The normalized spacial score (nSPS) is 11.0. The summed E-state index contributed by atoms with van der Waals surface area (Å²) in [6, 6.07) is 9.90.